The van der Waals surface area contributed by atoms with E-state index in [1.54, 1.807) is 13.3 Å². The van der Waals surface area contributed by atoms with E-state index in [9.17, 15) is 0 Å². The van der Waals surface area contributed by atoms with Gasteiger partial charge in [0.15, 0.2) is 0 Å². The SMILES string of the molecule is COc1ccc(OCC2CC2(C)C)cn1.NSNc1ccccc1. The fourth-order valence-electron chi connectivity index (χ4n) is 2.20. The monoisotopic (exact) mass is 347 g/mol. The van der Waals surface area contributed by atoms with E-state index in [2.05, 4.69) is 23.6 Å². The van der Waals surface area contributed by atoms with E-state index in [1.807, 2.05) is 42.5 Å². The molecule has 5 nitrogen and oxygen atoms in total. The highest BCUT2D eigenvalue weighted by Crippen LogP contribution is 2.51. The molecule has 3 N–H and O–H groups in total. The molecule has 1 saturated carbocycles. The lowest BCUT2D eigenvalue weighted by atomic mass is 10.1. The van der Waals surface area contributed by atoms with E-state index in [0.717, 1.165) is 30.2 Å². The molecule has 130 valence electrons. The summed E-state index contributed by atoms with van der Waals surface area (Å²) in [4.78, 5) is 4.08. The topological polar surface area (TPSA) is 69.4 Å². The molecule has 1 aromatic carbocycles. The van der Waals surface area contributed by atoms with Gasteiger partial charge in [0.1, 0.15) is 5.75 Å². The fourth-order valence-corrected chi connectivity index (χ4v) is 2.48. The Kier molecular flexibility index (Phi) is 6.75. The molecule has 6 heteroatoms. The Morgan fingerprint density at radius 1 is 1.25 bits per heavy atom. The van der Waals surface area contributed by atoms with Crippen LogP contribution in [0.15, 0.2) is 48.7 Å². The van der Waals surface area contributed by atoms with Crippen LogP contribution in [0.5, 0.6) is 11.6 Å². The average molecular weight is 347 g/mol. The van der Waals surface area contributed by atoms with Gasteiger partial charge in [0.2, 0.25) is 5.88 Å². The number of rotatable bonds is 6. The number of nitrogens with one attached hydrogen (secondary N) is 1. The molecule has 1 unspecified atom stereocenters. The fraction of sp³-hybridized carbons (Fsp3) is 0.389. The van der Waals surface area contributed by atoms with Crippen molar-refractivity contribution >= 4 is 17.8 Å². The van der Waals surface area contributed by atoms with Gasteiger partial charge in [-0.2, -0.15) is 0 Å². The van der Waals surface area contributed by atoms with Gasteiger partial charge in [-0.25, -0.2) is 4.98 Å². The second-order valence-corrected chi connectivity index (χ2v) is 6.76. The summed E-state index contributed by atoms with van der Waals surface area (Å²) in [6.07, 6.45) is 2.96. The predicted octanol–water partition coefficient (Wildman–Crippen LogP) is 4.14. The van der Waals surface area contributed by atoms with Gasteiger partial charge in [-0.15, -0.1) is 0 Å². The van der Waals surface area contributed by atoms with Crippen molar-refractivity contribution in [2.45, 2.75) is 20.3 Å². The molecule has 0 bridgehead atoms. The first-order valence-corrected chi connectivity index (χ1v) is 8.73. The Bertz CT molecular complexity index is 605. The molecule has 0 aliphatic heterocycles. The number of para-hydroxylation sites is 1. The first-order valence-electron chi connectivity index (χ1n) is 7.85. The van der Waals surface area contributed by atoms with Crippen LogP contribution in [0, 0.1) is 11.3 Å². The lowest BCUT2D eigenvalue weighted by Crippen LogP contribution is -2.04. The zero-order valence-corrected chi connectivity index (χ0v) is 15.2. The molecule has 24 heavy (non-hydrogen) atoms. The molecule has 0 saturated heterocycles. The van der Waals surface area contributed by atoms with E-state index >= 15 is 0 Å². The van der Waals surface area contributed by atoms with E-state index in [-0.39, 0.29) is 0 Å². The number of ether oxygens (including phenoxy) is 2. The van der Waals surface area contributed by atoms with Crippen LogP contribution in [0.2, 0.25) is 0 Å². The highest BCUT2D eigenvalue weighted by molar-refractivity contribution is 7.98. The number of pyridine rings is 1. The van der Waals surface area contributed by atoms with Crippen LogP contribution in [0.4, 0.5) is 5.69 Å². The van der Waals surface area contributed by atoms with Crippen LogP contribution >= 0.6 is 12.1 Å². The van der Waals surface area contributed by atoms with Crippen LogP contribution in [-0.4, -0.2) is 18.7 Å². The second-order valence-electron chi connectivity index (χ2n) is 6.32. The maximum atomic E-state index is 5.65. The van der Waals surface area contributed by atoms with Crippen molar-refractivity contribution in [2.75, 3.05) is 18.4 Å². The van der Waals surface area contributed by atoms with E-state index in [4.69, 9.17) is 14.6 Å². The summed E-state index contributed by atoms with van der Waals surface area (Å²) in [7, 11) is 1.61. The van der Waals surface area contributed by atoms with Crippen molar-refractivity contribution in [1.82, 2.24) is 4.98 Å². The van der Waals surface area contributed by atoms with Gasteiger partial charge in [0, 0.05) is 23.9 Å². The number of nitrogens with zero attached hydrogens (tertiary/aromatic N) is 1. The van der Waals surface area contributed by atoms with E-state index < -0.39 is 0 Å². The van der Waals surface area contributed by atoms with Crippen molar-refractivity contribution in [3.63, 3.8) is 0 Å². The molecule has 1 fully saturated rings. The molecule has 1 aliphatic rings. The second kappa shape index (κ2) is 8.80. The summed E-state index contributed by atoms with van der Waals surface area (Å²) in [6, 6.07) is 13.5. The van der Waals surface area contributed by atoms with Crippen LogP contribution in [0.25, 0.3) is 0 Å². The molecule has 0 spiro atoms. The third-order valence-corrected chi connectivity index (χ3v) is 4.39. The summed E-state index contributed by atoms with van der Waals surface area (Å²) in [5.74, 6) is 2.13. The molecule has 1 aliphatic carbocycles. The number of benzene rings is 1. The molecule has 0 radical (unpaired) electrons. The van der Waals surface area contributed by atoms with Gasteiger partial charge in [0.25, 0.3) is 0 Å². The Labute approximate surface area is 148 Å². The summed E-state index contributed by atoms with van der Waals surface area (Å²) >= 11 is 1.10. The van der Waals surface area contributed by atoms with Crippen molar-refractivity contribution in [3.8, 4) is 11.6 Å². The first kappa shape index (κ1) is 18.4. The standard InChI is InChI=1S/C12H17NO2.C6H8N2S/c1-12(2)6-9(12)8-15-10-4-5-11(14-3)13-7-10;7-9-8-6-4-2-1-3-5-6/h4-5,7,9H,6,8H2,1-3H3;1-5,8H,7H2. The number of aromatic nitrogens is 1. The average Bonchev–Trinajstić information content (AvgIpc) is 3.22. The third kappa shape index (κ3) is 5.94. The zero-order valence-electron chi connectivity index (χ0n) is 14.4. The number of hydrogen-bond acceptors (Lipinski definition) is 6. The molecule has 2 aromatic rings. The summed E-state index contributed by atoms with van der Waals surface area (Å²) in [6.45, 7) is 5.33. The molecule has 1 aromatic heterocycles. The highest BCUT2D eigenvalue weighted by Gasteiger charge is 2.45. The number of anilines is 1. The van der Waals surface area contributed by atoms with E-state index in [1.165, 1.54) is 6.42 Å². The number of methoxy groups -OCH3 is 1. The summed E-state index contributed by atoms with van der Waals surface area (Å²) < 4.78 is 13.5. The number of nitrogens with two attached hydrogens (primary N) is 1. The smallest absolute Gasteiger partial charge is 0.213 e. The molecular weight excluding hydrogens is 322 g/mol. The van der Waals surface area contributed by atoms with Gasteiger partial charge >= 0.3 is 0 Å². The molecule has 3 rings (SSSR count). The lowest BCUT2D eigenvalue weighted by Gasteiger charge is -2.07. The third-order valence-electron chi connectivity index (χ3n) is 4.04. The van der Waals surface area contributed by atoms with Crippen LogP contribution in [0.3, 0.4) is 0 Å². The minimum atomic E-state index is 0.472. The van der Waals surface area contributed by atoms with Gasteiger partial charge in [-0.05, 0) is 36.0 Å². The zero-order chi connectivity index (χ0) is 17.4. The maximum absolute atomic E-state index is 5.65. The highest BCUT2D eigenvalue weighted by atomic mass is 32.2. The van der Waals surface area contributed by atoms with Crippen LogP contribution in [-0.2, 0) is 0 Å². The minimum absolute atomic E-state index is 0.472. The normalized spacial score (nSPS) is 17.2. The Hall–Kier alpha value is -1.92. The molecular formula is C18H25N3O2S. The predicted molar refractivity (Wildman–Crippen MR) is 100 cm³/mol. The van der Waals surface area contributed by atoms with E-state index in [0.29, 0.717) is 17.2 Å². The summed E-state index contributed by atoms with van der Waals surface area (Å²) in [5.41, 5.74) is 1.50. The Morgan fingerprint density at radius 2 is 1.96 bits per heavy atom. The maximum Gasteiger partial charge on any atom is 0.213 e. The Morgan fingerprint density at radius 3 is 2.46 bits per heavy atom. The summed E-state index contributed by atoms with van der Waals surface area (Å²) in [5, 5.41) is 5.17. The van der Waals surface area contributed by atoms with Crippen molar-refractivity contribution in [1.29, 1.82) is 0 Å². The lowest BCUT2D eigenvalue weighted by molar-refractivity contribution is 0.277. The van der Waals surface area contributed by atoms with Crippen LogP contribution in [0.1, 0.15) is 20.3 Å². The van der Waals surface area contributed by atoms with Crippen molar-refractivity contribution in [3.05, 3.63) is 48.7 Å². The van der Waals surface area contributed by atoms with Gasteiger partial charge in [0.05, 0.1) is 19.9 Å². The van der Waals surface area contributed by atoms with Crippen molar-refractivity contribution < 1.29 is 9.47 Å². The Balaban J connectivity index is 0.000000198. The molecule has 0 amide bonds. The van der Waals surface area contributed by atoms with Crippen molar-refractivity contribution in [2.24, 2.45) is 16.5 Å². The van der Waals surface area contributed by atoms with Gasteiger partial charge in [-0.3, -0.25) is 5.14 Å². The molecule has 1 heterocycles. The van der Waals surface area contributed by atoms with Crippen LogP contribution < -0.4 is 19.3 Å². The first-order chi connectivity index (χ1) is 11.5. The molecule has 1 atom stereocenters. The largest absolute Gasteiger partial charge is 0.492 e. The quantitative estimate of drug-likeness (QED) is 0.766. The van der Waals surface area contributed by atoms with Gasteiger partial charge in [-0.1, -0.05) is 32.0 Å². The van der Waals surface area contributed by atoms with Gasteiger partial charge < -0.3 is 14.2 Å². The minimum Gasteiger partial charge on any atom is -0.492 e. The number of hydrogen-bond donors (Lipinski definition) is 2.